The van der Waals surface area contributed by atoms with Crippen molar-refractivity contribution in [3.8, 4) is 0 Å². The largest absolute Gasteiger partial charge is 1.00 e. The van der Waals surface area contributed by atoms with E-state index in [0.717, 1.165) is 0 Å². The molecule has 0 aromatic rings. The summed E-state index contributed by atoms with van der Waals surface area (Å²) in [5.74, 6) is -1.58. The summed E-state index contributed by atoms with van der Waals surface area (Å²) in [6.45, 7) is 11.0. The summed E-state index contributed by atoms with van der Waals surface area (Å²) in [6.07, 6.45) is -0.688. The molecule has 25 heavy (non-hydrogen) atoms. The SMILES string of the molecule is CC(C)CC(C)OC(=O)CC(C(=O)OC(C)CC(C)C)S(=O)(=O)[O-].[Na+]. The van der Waals surface area contributed by atoms with Gasteiger partial charge in [-0.2, -0.15) is 0 Å². The smallest absolute Gasteiger partial charge is 0.747 e. The molecule has 3 atom stereocenters. The van der Waals surface area contributed by atoms with Crippen molar-refractivity contribution in [3.05, 3.63) is 0 Å². The number of rotatable bonds is 10. The molecule has 3 unspecified atom stereocenters. The van der Waals surface area contributed by atoms with Gasteiger partial charge in [0.1, 0.15) is 10.1 Å². The predicted molar refractivity (Wildman–Crippen MR) is 88.1 cm³/mol. The van der Waals surface area contributed by atoms with Gasteiger partial charge in [0, 0.05) is 0 Å². The first kappa shape index (κ1) is 27.1. The molecule has 0 amide bonds. The van der Waals surface area contributed by atoms with Gasteiger partial charge in [0.15, 0.2) is 5.25 Å². The molecule has 0 aliphatic carbocycles. The summed E-state index contributed by atoms with van der Waals surface area (Å²) < 4.78 is 44.0. The fourth-order valence-electron chi connectivity index (χ4n) is 2.43. The van der Waals surface area contributed by atoms with E-state index < -0.39 is 45.9 Å². The third-order valence-electron chi connectivity index (χ3n) is 3.22. The van der Waals surface area contributed by atoms with Gasteiger partial charge in [-0.1, -0.05) is 27.7 Å². The quantitative estimate of drug-likeness (QED) is 0.275. The molecular formula is C16H29NaO7S. The van der Waals surface area contributed by atoms with Crippen LogP contribution in [0.1, 0.15) is 60.8 Å². The molecule has 0 N–H and O–H groups in total. The van der Waals surface area contributed by atoms with Crippen molar-refractivity contribution < 1.29 is 61.6 Å². The number of hydrogen-bond donors (Lipinski definition) is 0. The molecule has 0 bridgehead atoms. The summed E-state index contributed by atoms with van der Waals surface area (Å²) in [5.41, 5.74) is 0. The summed E-state index contributed by atoms with van der Waals surface area (Å²) in [4.78, 5) is 23.8. The second-order valence-corrected chi connectivity index (χ2v) is 8.55. The van der Waals surface area contributed by atoms with Gasteiger partial charge >= 0.3 is 41.5 Å². The van der Waals surface area contributed by atoms with E-state index in [0.29, 0.717) is 12.8 Å². The van der Waals surface area contributed by atoms with Crippen molar-refractivity contribution in [3.63, 3.8) is 0 Å². The van der Waals surface area contributed by atoms with Crippen LogP contribution in [-0.2, 0) is 29.2 Å². The van der Waals surface area contributed by atoms with Crippen LogP contribution < -0.4 is 29.6 Å². The van der Waals surface area contributed by atoms with E-state index in [1.165, 1.54) is 0 Å². The average Bonchev–Trinajstić information content (AvgIpc) is 2.31. The Bertz CT molecular complexity index is 517. The van der Waals surface area contributed by atoms with Crippen molar-refractivity contribution in [2.45, 2.75) is 78.3 Å². The third kappa shape index (κ3) is 12.8. The molecule has 142 valence electrons. The van der Waals surface area contributed by atoms with Crippen LogP contribution >= 0.6 is 0 Å². The molecule has 0 saturated carbocycles. The Morgan fingerprint density at radius 2 is 1.28 bits per heavy atom. The van der Waals surface area contributed by atoms with Crippen LogP contribution in [0.2, 0.25) is 0 Å². The van der Waals surface area contributed by atoms with Crippen LogP contribution in [0, 0.1) is 11.8 Å². The molecule has 0 fully saturated rings. The van der Waals surface area contributed by atoms with Crippen molar-refractivity contribution in [2.24, 2.45) is 11.8 Å². The molecule has 0 rings (SSSR count). The fourth-order valence-corrected chi connectivity index (χ4v) is 3.06. The predicted octanol–water partition coefficient (Wildman–Crippen LogP) is -0.750. The molecule has 7 nitrogen and oxygen atoms in total. The van der Waals surface area contributed by atoms with Gasteiger partial charge in [-0.15, -0.1) is 0 Å². The molecule has 0 saturated heterocycles. The van der Waals surface area contributed by atoms with Crippen molar-refractivity contribution in [1.82, 2.24) is 0 Å². The minimum absolute atomic E-state index is 0. The third-order valence-corrected chi connectivity index (χ3v) is 4.28. The van der Waals surface area contributed by atoms with Crippen molar-refractivity contribution in [1.29, 1.82) is 0 Å². The van der Waals surface area contributed by atoms with E-state index in [1.54, 1.807) is 13.8 Å². The Morgan fingerprint density at radius 1 is 0.880 bits per heavy atom. The maximum absolute atomic E-state index is 12.0. The molecule has 0 aliphatic heterocycles. The minimum Gasteiger partial charge on any atom is -0.747 e. The fraction of sp³-hybridized carbons (Fsp3) is 0.875. The monoisotopic (exact) mass is 388 g/mol. The molecule has 0 heterocycles. The first-order valence-corrected chi connectivity index (χ1v) is 9.64. The molecule has 0 radical (unpaired) electrons. The molecular weight excluding hydrogens is 359 g/mol. The first-order chi connectivity index (χ1) is 10.8. The number of carbonyl (C=O) groups is 2. The topological polar surface area (TPSA) is 110 Å². The maximum atomic E-state index is 12.0. The van der Waals surface area contributed by atoms with Crippen LogP contribution in [0.25, 0.3) is 0 Å². The Morgan fingerprint density at radius 3 is 1.64 bits per heavy atom. The van der Waals surface area contributed by atoms with Crippen molar-refractivity contribution >= 4 is 22.1 Å². The van der Waals surface area contributed by atoms with E-state index in [1.807, 2.05) is 27.7 Å². The Kier molecular flexibility index (Phi) is 13.3. The van der Waals surface area contributed by atoms with Crippen LogP contribution in [0.3, 0.4) is 0 Å². The number of ether oxygens (including phenoxy) is 2. The van der Waals surface area contributed by atoms with E-state index in [2.05, 4.69) is 0 Å². The second kappa shape index (κ2) is 12.3. The second-order valence-electron chi connectivity index (χ2n) is 6.99. The first-order valence-electron chi connectivity index (χ1n) is 8.17. The normalized spacial score (nSPS) is 15.2. The molecule has 9 heteroatoms. The Labute approximate surface area is 173 Å². The van der Waals surface area contributed by atoms with Crippen LogP contribution in [-0.4, -0.2) is 42.4 Å². The summed E-state index contributed by atoms with van der Waals surface area (Å²) in [6, 6.07) is 0. The van der Waals surface area contributed by atoms with Crippen LogP contribution in [0.4, 0.5) is 0 Å². The van der Waals surface area contributed by atoms with Gasteiger partial charge in [-0.3, -0.25) is 9.59 Å². The molecule has 0 spiro atoms. The van der Waals surface area contributed by atoms with Gasteiger partial charge in [0.25, 0.3) is 0 Å². The summed E-state index contributed by atoms with van der Waals surface area (Å²) in [5, 5.41) is -2.08. The zero-order valence-electron chi connectivity index (χ0n) is 16.3. The molecule has 0 aromatic carbocycles. The van der Waals surface area contributed by atoms with Crippen molar-refractivity contribution in [2.75, 3.05) is 0 Å². The van der Waals surface area contributed by atoms with Gasteiger partial charge in [0.05, 0.1) is 18.6 Å². The average molecular weight is 388 g/mol. The number of hydrogen-bond acceptors (Lipinski definition) is 7. The minimum atomic E-state index is -5.02. The van der Waals surface area contributed by atoms with Gasteiger partial charge in [-0.25, -0.2) is 8.42 Å². The van der Waals surface area contributed by atoms with Gasteiger partial charge < -0.3 is 14.0 Å². The van der Waals surface area contributed by atoms with Crippen LogP contribution in [0.15, 0.2) is 0 Å². The summed E-state index contributed by atoms with van der Waals surface area (Å²) in [7, 11) is -5.02. The standard InChI is InChI=1S/C16H30O7S.Na/c1-10(2)7-12(5)22-15(17)9-14(24(19,20)21)16(18)23-13(6)8-11(3)4;/h10-14H,7-9H2,1-6H3,(H,19,20,21);/q;+1/p-1. The zero-order chi connectivity index (χ0) is 19.1. The number of carbonyl (C=O) groups excluding carboxylic acids is 2. The Hall–Kier alpha value is -0.150. The van der Waals surface area contributed by atoms with E-state index >= 15 is 0 Å². The maximum Gasteiger partial charge on any atom is 1.00 e. The molecule has 0 aromatic heterocycles. The van der Waals surface area contributed by atoms with Gasteiger partial charge in [-0.05, 0) is 38.5 Å². The van der Waals surface area contributed by atoms with E-state index in [9.17, 15) is 22.6 Å². The van der Waals surface area contributed by atoms with Gasteiger partial charge in [0.2, 0.25) is 0 Å². The Balaban J connectivity index is 0. The molecule has 0 aliphatic rings. The summed E-state index contributed by atoms with van der Waals surface area (Å²) >= 11 is 0. The van der Waals surface area contributed by atoms with E-state index in [4.69, 9.17) is 9.47 Å². The van der Waals surface area contributed by atoms with E-state index in [-0.39, 0.29) is 41.4 Å². The number of esters is 2. The van der Waals surface area contributed by atoms with Crippen LogP contribution in [0.5, 0.6) is 0 Å². The zero-order valence-corrected chi connectivity index (χ0v) is 19.1.